The highest BCUT2D eigenvalue weighted by molar-refractivity contribution is 5.51. The molecule has 1 nitrogen and oxygen atoms in total. The molecule has 0 aliphatic heterocycles. The van der Waals surface area contributed by atoms with E-state index < -0.39 is 0 Å². The van der Waals surface area contributed by atoms with E-state index in [1.54, 1.807) is 0 Å². The van der Waals surface area contributed by atoms with E-state index in [1.165, 1.54) is 23.4 Å². The lowest BCUT2D eigenvalue weighted by Gasteiger charge is -2.18. The highest BCUT2D eigenvalue weighted by atomic mass is 19.1. The van der Waals surface area contributed by atoms with E-state index in [0.717, 1.165) is 18.4 Å². The second-order valence-corrected chi connectivity index (χ2v) is 4.89. The van der Waals surface area contributed by atoms with Gasteiger partial charge in [-0.2, -0.15) is 0 Å². The van der Waals surface area contributed by atoms with Gasteiger partial charge in [-0.25, -0.2) is 4.39 Å². The molecule has 2 rings (SSSR count). The van der Waals surface area contributed by atoms with E-state index in [9.17, 15) is 4.39 Å². The molecule has 0 heterocycles. The van der Waals surface area contributed by atoms with Gasteiger partial charge in [-0.15, -0.1) is 0 Å². The number of hydrogen-bond donors (Lipinski definition) is 1. The molecule has 19 heavy (non-hydrogen) atoms. The first-order valence-electron chi connectivity index (χ1n) is 6.78. The molecule has 100 valence electrons. The molecular formula is C17H20FN. The van der Waals surface area contributed by atoms with Crippen molar-refractivity contribution in [2.75, 3.05) is 5.32 Å². The first kappa shape index (κ1) is 13.6. The van der Waals surface area contributed by atoms with Gasteiger partial charge in [-0.05, 0) is 49.1 Å². The van der Waals surface area contributed by atoms with E-state index in [-0.39, 0.29) is 5.82 Å². The van der Waals surface area contributed by atoms with Crippen molar-refractivity contribution in [3.05, 3.63) is 65.5 Å². The van der Waals surface area contributed by atoms with E-state index in [2.05, 4.69) is 37.4 Å². The van der Waals surface area contributed by atoms with Crippen molar-refractivity contribution in [2.45, 2.75) is 32.7 Å². The zero-order valence-corrected chi connectivity index (χ0v) is 11.5. The number of anilines is 1. The number of nitrogens with one attached hydrogen (secondary N) is 1. The molecule has 0 saturated heterocycles. The van der Waals surface area contributed by atoms with E-state index in [1.807, 2.05) is 18.2 Å². The van der Waals surface area contributed by atoms with Crippen LogP contribution in [-0.2, 0) is 12.8 Å². The number of benzene rings is 2. The average Bonchev–Trinajstić information content (AvgIpc) is 2.42. The average molecular weight is 257 g/mol. The quantitative estimate of drug-likeness (QED) is 0.835. The molecule has 2 heteroatoms. The number of aryl methyl sites for hydroxylation is 1. The molecule has 0 aliphatic carbocycles. The Kier molecular flexibility index (Phi) is 4.56. The van der Waals surface area contributed by atoms with Crippen LogP contribution in [0.2, 0.25) is 0 Å². The van der Waals surface area contributed by atoms with Crippen LogP contribution >= 0.6 is 0 Å². The standard InChI is InChI=1S/C17H20FN/c1-3-15-6-4-5-7-17(15)19-13(2)12-14-8-10-16(18)11-9-14/h4-11,13,19H,3,12H2,1-2H3. The summed E-state index contributed by atoms with van der Waals surface area (Å²) in [4.78, 5) is 0. The normalized spacial score (nSPS) is 12.2. The van der Waals surface area contributed by atoms with Crippen LogP contribution in [0.4, 0.5) is 10.1 Å². The van der Waals surface area contributed by atoms with E-state index >= 15 is 0 Å². The predicted molar refractivity (Wildman–Crippen MR) is 79.0 cm³/mol. The lowest BCUT2D eigenvalue weighted by molar-refractivity contribution is 0.626. The van der Waals surface area contributed by atoms with Gasteiger partial charge in [0.1, 0.15) is 5.82 Å². The second-order valence-electron chi connectivity index (χ2n) is 4.89. The molecule has 1 unspecified atom stereocenters. The first-order chi connectivity index (χ1) is 9.19. The monoisotopic (exact) mass is 257 g/mol. The van der Waals surface area contributed by atoms with E-state index in [0.29, 0.717) is 6.04 Å². The molecular weight excluding hydrogens is 237 g/mol. The number of rotatable bonds is 5. The molecule has 0 fully saturated rings. The van der Waals surface area contributed by atoms with Gasteiger partial charge in [0.15, 0.2) is 0 Å². The fourth-order valence-corrected chi connectivity index (χ4v) is 2.26. The van der Waals surface area contributed by atoms with Crippen LogP contribution < -0.4 is 5.32 Å². The fourth-order valence-electron chi connectivity index (χ4n) is 2.26. The van der Waals surface area contributed by atoms with Gasteiger partial charge in [0.25, 0.3) is 0 Å². The maximum Gasteiger partial charge on any atom is 0.123 e. The SMILES string of the molecule is CCc1ccccc1NC(C)Cc1ccc(F)cc1. The van der Waals surface area contributed by atoms with Crippen molar-refractivity contribution in [3.8, 4) is 0 Å². The maximum atomic E-state index is 12.9. The Morgan fingerprint density at radius 3 is 2.42 bits per heavy atom. The maximum absolute atomic E-state index is 12.9. The van der Waals surface area contributed by atoms with Crippen molar-refractivity contribution in [1.82, 2.24) is 0 Å². The van der Waals surface area contributed by atoms with Gasteiger partial charge in [0.2, 0.25) is 0 Å². The third kappa shape index (κ3) is 3.82. The molecule has 0 radical (unpaired) electrons. The Hall–Kier alpha value is -1.83. The van der Waals surface area contributed by atoms with Gasteiger partial charge in [0, 0.05) is 11.7 Å². The van der Waals surface area contributed by atoms with Crippen LogP contribution in [0.5, 0.6) is 0 Å². The summed E-state index contributed by atoms with van der Waals surface area (Å²) in [5.41, 5.74) is 3.67. The highest BCUT2D eigenvalue weighted by Crippen LogP contribution is 2.17. The smallest absolute Gasteiger partial charge is 0.123 e. The minimum atomic E-state index is -0.180. The first-order valence-corrected chi connectivity index (χ1v) is 6.78. The summed E-state index contributed by atoms with van der Waals surface area (Å²) < 4.78 is 12.9. The summed E-state index contributed by atoms with van der Waals surface area (Å²) in [5.74, 6) is -0.180. The third-order valence-electron chi connectivity index (χ3n) is 3.26. The van der Waals surface area contributed by atoms with Crippen molar-refractivity contribution in [3.63, 3.8) is 0 Å². The zero-order chi connectivity index (χ0) is 13.7. The lowest BCUT2D eigenvalue weighted by Crippen LogP contribution is -2.18. The van der Waals surface area contributed by atoms with Crippen molar-refractivity contribution in [1.29, 1.82) is 0 Å². The van der Waals surface area contributed by atoms with Gasteiger partial charge in [-0.3, -0.25) is 0 Å². The summed E-state index contributed by atoms with van der Waals surface area (Å²) in [6, 6.07) is 15.4. The molecule has 0 aromatic heterocycles. The number of halogens is 1. The van der Waals surface area contributed by atoms with Gasteiger partial charge >= 0.3 is 0 Å². The fraction of sp³-hybridized carbons (Fsp3) is 0.294. The third-order valence-corrected chi connectivity index (χ3v) is 3.26. The Bertz CT molecular complexity index is 519. The highest BCUT2D eigenvalue weighted by Gasteiger charge is 2.06. The molecule has 0 aliphatic rings. The molecule has 2 aromatic carbocycles. The molecule has 0 saturated carbocycles. The Labute approximate surface area is 114 Å². The van der Waals surface area contributed by atoms with Crippen LogP contribution in [-0.4, -0.2) is 6.04 Å². The molecule has 1 N–H and O–H groups in total. The van der Waals surface area contributed by atoms with Crippen LogP contribution in [0.15, 0.2) is 48.5 Å². The summed E-state index contributed by atoms with van der Waals surface area (Å²) >= 11 is 0. The molecule has 2 aromatic rings. The minimum absolute atomic E-state index is 0.180. The minimum Gasteiger partial charge on any atom is -0.382 e. The summed E-state index contributed by atoms with van der Waals surface area (Å²) in [7, 11) is 0. The summed E-state index contributed by atoms with van der Waals surface area (Å²) in [5, 5.41) is 3.53. The zero-order valence-electron chi connectivity index (χ0n) is 11.5. The summed E-state index contributed by atoms with van der Waals surface area (Å²) in [6.07, 6.45) is 1.91. The molecule has 0 spiro atoms. The Balaban J connectivity index is 2.01. The molecule has 0 amide bonds. The van der Waals surface area contributed by atoms with Gasteiger partial charge < -0.3 is 5.32 Å². The van der Waals surface area contributed by atoms with Gasteiger partial charge in [0.05, 0.1) is 0 Å². The Morgan fingerprint density at radius 1 is 1.05 bits per heavy atom. The number of para-hydroxylation sites is 1. The summed E-state index contributed by atoms with van der Waals surface area (Å²) in [6.45, 7) is 4.31. The van der Waals surface area contributed by atoms with Crippen molar-refractivity contribution in [2.24, 2.45) is 0 Å². The molecule has 1 atom stereocenters. The molecule has 0 bridgehead atoms. The van der Waals surface area contributed by atoms with Crippen molar-refractivity contribution < 1.29 is 4.39 Å². The van der Waals surface area contributed by atoms with Crippen LogP contribution in [0.25, 0.3) is 0 Å². The van der Waals surface area contributed by atoms with Crippen molar-refractivity contribution >= 4 is 5.69 Å². The van der Waals surface area contributed by atoms with Gasteiger partial charge in [-0.1, -0.05) is 37.3 Å². The Morgan fingerprint density at radius 2 is 1.74 bits per heavy atom. The number of hydrogen-bond acceptors (Lipinski definition) is 1. The van der Waals surface area contributed by atoms with E-state index in [4.69, 9.17) is 0 Å². The predicted octanol–water partition coefficient (Wildman–Crippen LogP) is 4.43. The van der Waals surface area contributed by atoms with Crippen LogP contribution in [0.1, 0.15) is 25.0 Å². The van der Waals surface area contributed by atoms with Crippen LogP contribution in [0, 0.1) is 5.82 Å². The second kappa shape index (κ2) is 6.37. The van der Waals surface area contributed by atoms with Crippen LogP contribution in [0.3, 0.4) is 0 Å². The largest absolute Gasteiger partial charge is 0.382 e. The topological polar surface area (TPSA) is 12.0 Å². The lowest BCUT2D eigenvalue weighted by atomic mass is 10.1.